The fourth-order valence-corrected chi connectivity index (χ4v) is 5.89. The highest BCUT2D eigenvalue weighted by molar-refractivity contribution is 6.10. The molecule has 4 amide bonds. The lowest BCUT2D eigenvalue weighted by Crippen LogP contribution is -2.51. The maximum Gasteiger partial charge on any atom is 0.406 e. The SMILES string of the molecule is O=C1NCC(c2cc([C@H]3C[C@@H]3c3ccc4c(c3)N(CC(F)(F)F)C(=O)C43CC3)n3nccc3n2)C(=O)N1. The van der Waals surface area contributed by atoms with Crippen LogP contribution in [-0.4, -0.2) is 51.7 Å². The number of amides is 4. The summed E-state index contributed by atoms with van der Waals surface area (Å²) in [4.78, 5) is 42.3. The Balaban J connectivity index is 1.22. The van der Waals surface area contributed by atoms with Gasteiger partial charge in [-0.1, -0.05) is 12.1 Å². The zero-order valence-corrected chi connectivity index (χ0v) is 19.4. The molecule has 2 N–H and O–H groups in total. The van der Waals surface area contributed by atoms with Crippen LogP contribution in [0.25, 0.3) is 5.65 Å². The quantitative estimate of drug-likeness (QED) is 0.561. The number of hydrogen-bond acceptors (Lipinski definition) is 5. The average Bonchev–Trinajstić information content (AvgIpc) is 3.75. The summed E-state index contributed by atoms with van der Waals surface area (Å²) in [5.74, 6) is -1.51. The molecule has 2 saturated carbocycles. The Morgan fingerprint density at radius 3 is 2.62 bits per heavy atom. The molecule has 190 valence electrons. The van der Waals surface area contributed by atoms with Gasteiger partial charge in [-0.25, -0.2) is 14.3 Å². The van der Waals surface area contributed by atoms with Crippen LogP contribution in [0.5, 0.6) is 0 Å². The van der Waals surface area contributed by atoms with E-state index in [9.17, 15) is 27.6 Å². The summed E-state index contributed by atoms with van der Waals surface area (Å²) in [6, 6.07) is 8.48. The first-order valence-electron chi connectivity index (χ1n) is 12.1. The molecule has 0 radical (unpaired) electrons. The summed E-state index contributed by atoms with van der Waals surface area (Å²) < 4.78 is 41.6. The number of aromatic nitrogens is 3. The van der Waals surface area contributed by atoms with Crippen molar-refractivity contribution in [3.63, 3.8) is 0 Å². The van der Waals surface area contributed by atoms with Crippen molar-refractivity contribution in [2.24, 2.45) is 0 Å². The Kier molecular flexibility index (Phi) is 4.39. The molecule has 1 spiro atoms. The van der Waals surface area contributed by atoms with E-state index in [0.717, 1.165) is 22.6 Å². The minimum Gasteiger partial charge on any atom is -0.337 e. The smallest absolute Gasteiger partial charge is 0.337 e. The highest BCUT2D eigenvalue weighted by Crippen LogP contribution is 2.60. The van der Waals surface area contributed by atoms with Crippen molar-refractivity contribution in [1.82, 2.24) is 25.2 Å². The second kappa shape index (κ2) is 7.30. The van der Waals surface area contributed by atoms with Crippen LogP contribution in [0.15, 0.2) is 36.5 Å². The Hall–Kier alpha value is -3.96. The Bertz CT molecular complexity index is 1510. The third-order valence-electron chi connectivity index (χ3n) is 7.95. The van der Waals surface area contributed by atoms with E-state index in [1.165, 1.54) is 0 Å². The highest BCUT2D eigenvalue weighted by atomic mass is 19.4. The van der Waals surface area contributed by atoms with Crippen LogP contribution in [-0.2, 0) is 15.0 Å². The molecule has 3 fully saturated rings. The van der Waals surface area contributed by atoms with Gasteiger partial charge in [-0.05, 0) is 48.4 Å². The lowest BCUT2D eigenvalue weighted by Gasteiger charge is -2.22. The summed E-state index contributed by atoms with van der Waals surface area (Å²) in [5.41, 5.74) is 3.03. The van der Waals surface area contributed by atoms with Crippen LogP contribution in [0.3, 0.4) is 0 Å². The zero-order valence-electron chi connectivity index (χ0n) is 19.4. The van der Waals surface area contributed by atoms with Crippen molar-refractivity contribution in [3.05, 3.63) is 59.0 Å². The van der Waals surface area contributed by atoms with Crippen molar-refractivity contribution in [2.75, 3.05) is 18.0 Å². The number of benzene rings is 1. The topological polar surface area (TPSA) is 109 Å². The van der Waals surface area contributed by atoms with E-state index in [1.54, 1.807) is 22.8 Å². The predicted molar refractivity (Wildman–Crippen MR) is 123 cm³/mol. The van der Waals surface area contributed by atoms with Gasteiger partial charge in [0, 0.05) is 29.9 Å². The number of urea groups is 1. The number of anilines is 1. The fraction of sp³-hybridized carbons (Fsp3) is 0.400. The van der Waals surface area contributed by atoms with Crippen LogP contribution in [0.2, 0.25) is 0 Å². The fourth-order valence-electron chi connectivity index (χ4n) is 5.89. The minimum atomic E-state index is -4.49. The van der Waals surface area contributed by atoms with Crippen molar-refractivity contribution in [3.8, 4) is 0 Å². The summed E-state index contributed by atoms with van der Waals surface area (Å²) in [6.45, 7) is -1.16. The standard InChI is InChI=1S/C25H21F3N6O3/c26-25(27,28)11-33-19-7-12(1-2-16(19)24(4-5-24)22(33)36)13-8-14(13)18-9-17(31-20-3-6-30-34(18)20)15-10-29-23(37)32-21(15)35/h1-3,6-7,9,13-15H,4-5,8,10-11H2,(H2,29,32,35,37)/t13-,14+,15?/m1/s1. The van der Waals surface area contributed by atoms with E-state index in [-0.39, 0.29) is 18.4 Å². The van der Waals surface area contributed by atoms with Crippen LogP contribution >= 0.6 is 0 Å². The lowest BCUT2D eigenvalue weighted by atomic mass is 9.95. The van der Waals surface area contributed by atoms with Gasteiger partial charge in [0.2, 0.25) is 11.8 Å². The molecule has 4 heterocycles. The largest absolute Gasteiger partial charge is 0.406 e. The number of carbonyl (C=O) groups excluding carboxylic acids is 3. The van der Waals surface area contributed by atoms with Gasteiger partial charge >= 0.3 is 12.2 Å². The summed E-state index contributed by atoms with van der Waals surface area (Å²) >= 11 is 0. The summed E-state index contributed by atoms with van der Waals surface area (Å²) in [6.07, 6.45) is -0.991. The summed E-state index contributed by atoms with van der Waals surface area (Å²) in [7, 11) is 0. The predicted octanol–water partition coefficient (Wildman–Crippen LogP) is 2.86. The van der Waals surface area contributed by atoms with E-state index in [4.69, 9.17) is 0 Å². The van der Waals surface area contributed by atoms with E-state index < -0.39 is 41.9 Å². The molecule has 1 saturated heterocycles. The number of alkyl halides is 3. The van der Waals surface area contributed by atoms with Gasteiger partial charge in [0.15, 0.2) is 5.65 Å². The molecular formula is C25H21F3N6O3. The van der Waals surface area contributed by atoms with Gasteiger partial charge in [-0.15, -0.1) is 0 Å². The molecule has 3 aromatic rings. The van der Waals surface area contributed by atoms with Crippen LogP contribution < -0.4 is 15.5 Å². The van der Waals surface area contributed by atoms with Gasteiger partial charge in [0.25, 0.3) is 0 Å². The van der Waals surface area contributed by atoms with Gasteiger partial charge < -0.3 is 10.2 Å². The molecule has 37 heavy (non-hydrogen) atoms. The van der Waals surface area contributed by atoms with Crippen molar-refractivity contribution >= 4 is 29.2 Å². The Labute approximate surface area is 208 Å². The van der Waals surface area contributed by atoms with Crippen molar-refractivity contribution < 1.29 is 27.6 Å². The first-order valence-corrected chi connectivity index (χ1v) is 12.1. The van der Waals surface area contributed by atoms with Crippen LogP contribution in [0.4, 0.5) is 23.7 Å². The Morgan fingerprint density at radius 2 is 1.89 bits per heavy atom. The summed E-state index contributed by atoms with van der Waals surface area (Å²) in [5, 5.41) is 9.26. The third-order valence-corrected chi connectivity index (χ3v) is 7.95. The molecule has 2 aromatic heterocycles. The van der Waals surface area contributed by atoms with Crippen molar-refractivity contribution in [2.45, 2.75) is 48.6 Å². The van der Waals surface area contributed by atoms with Crippen molar-refractivity contribution in [1.29, 1.82) is 0 Å². The second-order valence-corrected chi connectivity index (χ2v) is 10.3. The molecule has 3 atom stereocenters. The number of halogens is 3. The zero-order chi connectivity index (χ0) is 25.7. The molecule has 2 aliphatic heterocycles. The number of imide groups is 1. The monoisotopic (exact) mass is 510 g/mol. The molecule has 1 unspecified atom stereocenters. The number of nitrogens with zero attached hydrogens (tertiary/aromatic N) is 4. The number of nitrogens with one attached hydrogen (secondary N) is 2. The van der Waals surface area contributed by atoms with Gasteiger partial charge in [-0.3, -0.25) is 14.9 Å². The normalized spacial score (nSPS) is 25.9. The third kappa shape index (κ3) is 3.41. The Morgan fingerprint density at radius 1 is 1.08 bits per heavy atom. The number of fused-ring (bicyclic) bond motifs is 3. The second-order valence-electron chi connectivity index (χ2n) is 10.3. The first kappa shape index (κ1) is 22.3. The van der Waals surface area contributed by atoms with Crippen LogP contribution in [0, 0.1) is 0 Å². The van der Waals surface area contributed by atoms with Gasteiger partial charge in [0.1, 0.15) is 6.54 Å². The molecule has 12 heteroatoms. The molecular weight excluding hydrogens is 489 g/mol. The van der Waals surface area contributed by atoms with E-state index >= 15 is 0 Å². The van der Waals surface area contributed by atoms with E-state index in [1.807, 2.05) is 18.2 Å². The van der Waals surface area contributed by atoms with Crippen LogP contribution in [0.1, 0.15) is 59.5 Å². The van der Waals surface area contributed by atoms with Gasteiger partial charge in [0.05, 0.1) is 23.2 Å². The first-order chi connectivity index (χ1) is 17.6. The highest BCUT2D eigenvalue weighted by Gasteiger charge is 2.60. The number of hydrogen-bond donors (Lipinski definition) is 2. The average molecular weight is 510 g/mol. The lowest BCUT2D eigenvalue weighted by molar-refractivity contribution is -0.132. The van der Waals surface area contributed by atoms with Gasteiger partial charge in [-0.2, -0.15) is 18.3 Å². The maximum atomic E-state index is 13.3. The molecule has 1 aromatic carbocycles. The molecule has 0 bridgehead atoms. The molecule has 2 aliphatic carbocycles. The molecule has 7 rings (SSSR count). The van der Waals surface area contributed by atoms with E-state index in [2.05, 4.69) is 20.7 Å². The molecule has 4 aliphatic rings. The minimum absolute atomic E-state index is 0.00602. The maximum absolute atomic E-state index is 13.3. The number of carbonyl (C=O) groups is 3. The number of rotatable bonds is 4. The van der Waals surface area contributed by atoms with E-state index in [0.29, 0.717) is 35.4 Å². The molecule has 9 nitrogen and oxygen atoms in total.